The molecule has 0 saturated carbocycles. The van der Waals surface area contributed by atoms with Gasteiger partial charge in [-0.05, 0) is 17.7 Å². The van der Waals surface area contributed by atoms with Crippen molar-refractivity contribution in [3.05, 3.63) is 46.8 Å². The van der Waals surface area contributed by atoms with E-state index < -0.39 is 0 Å². The van der Waals surface area contributed by atoms with E-state index in [0.29, 0.717) is 29.4 Å². The fourth-order valence-electron chi connectivity index (χ4n) is 2.65. The number of carbonyl (C=O) groups is 2. The number of ether oxygens (including phenoxy) is 1. The van der Waals surface area contributed by atoms with Gasteiger partial charge in [0.2, 0.25) is 0 Å². The molecule has 2 heterocycles. The van der Waals surface area contributed by atoms with Crippen molar-refractivity contribution in [3.8, 4) is 0 Å². The number of aromatic nitrogens is 2. The summed E-state index contributed by atoms with van der Waals surface area (Å²) in [6.45, 7) is 1.54. The number of hydrogen-bond donors (Lipinski definition) is 3. The molecule has 0 bridgehead atoms. The second-order valence-corrected chi connectivity index (χ2v) is 6.67. The summed E-state index contributed by atoms with van der Waals surface area (Å²) in [5, 5.41) is 13.3. The number of carbonyl (C=O) groups excluding carboxylic acids is 2. The molecule has 1 aromatic heterocycles. The minimum absolute atomic E-state index is 0.222. The van der Waals surface area contributed by atoms with Crippen LogP contribution in [0, 0.1) is 0 Å². The second kappa shape index (κ2) is 8.17. The summed E-state index contributed by atoms with van der Waals surface area (Å²) in [6.07, 6.45) is 0.850. The molecule has 1 aromatic carbocycles. The van der Waals surface area contributed by atoms with Gasteiger partial charge in [0.05, 0.1) is 12.9 Å². The maximum atomic E-state index is 12.5. The number of thioether (sulfide) groups is 1. The number of aromatic amines is 1. The van der Waals surface area contributed by atoms with E-state index in [1.54, 1.807) is 0 Å². The van der Waals surface area contributed by atoms with Gasteiger partial charge in [-0.2, -0.15) is 5.10 Å². The van der Waals surface area contributed by atoms with E-state index in [4.69, 9.17) is 0 Å². The molecule has 0 aliphatic carbocycles. The van der Waals surface area contributed by atoms with Crippen molar-refractivity contribution in [1.29, 1.82) is 0 Å². The van der Waals surface area contributed by atoms with E-state index in [1.165, 1.54) is 18.9 Å². The van der Waals surface area contributed by atoms with Crippen molar-refractivity contribution in [2.24, 2.45) is 0 Å². The predicted molar refractivity (Wildman–Crippen MR) is 96.6 cm³/mol. The number of fused-ring (bicyclic) bond motifs is 1. The second-order valence-electron chi connectivity index (χ2n) is 5.68. The normalized spacial score (nSPS) is 13.2. The molecule has 0 spiro atoms. The van der Waals surface area contributed by atoms with Crippen LogP contribution in [0.2, 0.25) is 0 Å². The van der Waals surface area contributed by atoms with Gasteiger partial charge < -0.3 is 15.4 Å². The Labute approximate surface area is 149 Å². The van der Waals surface area contributed by atoms with Crippen molar-refractivity contribution >= 4 is 29.3 Å². The number of rotatable bonds is 6. The predicted octanol–water partition coefficient (Wildman–Crippen LogP) is 1.71. The molecule has 3 rings (SSSR count). The van der Waals surface area contributed by atoms with E-state index in [1.807, 2.05) is 24.3 Å². The SMILES string of the molecule is COC(=O)CSCc1cccc(NC(=O)c2n[nH]c3c2CNCC3)c1. The summed E-state index contributed by atoms with van der Waals surface area (Å²) >= 11 is 1.47. The van der Waals surface area contributed by atoms with Gasteiger partial charge in [-0.1, -0.05) is 12.1 Å². The first-order valence-electron chi connectivity index (χ1n) is 7.99. The third kappa shape index (κ3) is 4.40. The number of nitrogens with one attached hydrogen (secondary N) is 3. The van der Waals surface area contributed by atoms with Gasteiger partial charge in [-0.15, -0.1) is 11.8 Å². The van der Waals surface area contributed by atoms with Crippen LogP contribution in [-0.2, 0) is 28.2 Å². The Balaban J connectivity index is 1.63. The zero-order chi connectivity index (χ0) is 17.6. The number of hydrogen-bond acceptors (Lipinski definition) is 6. The topological polar surface area (TPSA) is 96.1 Å². The summed E-state index contributed by atoms with van der Waals surface area (Å²) in [5.41, 5.74) is 4.14. The molecule has 2 aromatic rings. The molecule has 0 unspecified atom stereocenters. The van der Waals surface area contributed by atoms with Gasteiger partial charge in [-0.25, -0.2) is 0 Å². The Morgan fingerprint density at radius 1 is 1.40 bits per heavy atom. The molecule has 1 aliphatic rings. The lowest BCUT2D eigenvalue weighted by Gasteiger charge is -2.13. The molecule has 0 fully saturated rings. The standard InChI is InChI=1S/C17H20N4O3S/c1-24-15(22)10-25-9-11-3-2-4-12(7-11)19-17(23)16-13-8-18-6-5-14(13)20-21-16/h2-4,7,18H,5-6,8-10H2,1H3,(H,19,23)(H,20,21). The smallest absolute Gasteiger partial charge is 0.315 e. The number of esters is 1. The lowest BCUT2D eigenvalue weighted by Crippen LogP contribution is -2.25. The highest BCUT2D eigenvalue weighted by molar-refractivity contribution is 7.99. The molecule has 7 nitrogen and oxygen atoms in total. The summed E-state index contributed by atoms with van der Waals surface area (Å²) in [4.78, 5) is 23.7. The van der Waals surface area contributed by atoms with E-state index in [9.17, 15) is 9.59 Å². The number of amides is 1. The van der Waals surface area contributed by atoms with Crippen LogP contribution in [0.5, 0.6) is 0 Å². The average molecular weight is 360 g/mol. The number of benzene rings is 1. The average Bonchev–Trinajstić information content (AvgIpc) is 3.06. The van der Waals surface area contributed by atoms with Crippen LogP contribution < -0.4 is 10.6 Å². The highest BCUT2D eigenvalue weighted by Crippen LogP contribution is 2.19. The minimum Gasteiger partial charge on any atom is -0.468 e. The number of methoxy groups -OCH3 is 1. The Hall–Kier alpha value is -2.32. The minimum atomic E-state index is -0.244. The lowest BCUT2D eigenvalue weighted by molar-refractivity contribution is -0.137. The molecule has 0 atom stereocenters. The Bertz CT molecular complexity index is 775. The van der Waals surface area contributed by atoms with E-state index in [0.717, 1.165) is 29.8 Å². The summed E-state index contributed by atoms with van der Waals surface area (Å²) in [7, 11) is 1.38. The molecule has 25 heavy (non-hydrogen) atoms. The van der Waals surface area contributed by atoms with Crippen molar-refractivity contribution in [2.75, 3.05) is 24.7 Å². The summed E-state index contributed by atoms with van der Waals surface area (Å²) in [5.74, 6) is 0.506. The van der Waals surface area contributed by atoms with Crippen LogP contribution in [0.25, 0.3) is 0 Å². The molecule has 132 valence electrons. The van der Waals surface area contributed by atoms with Crippen molar-refractivity contribution in [2.45, 2.75) is 18.7 Å². The first kappa shape index (κ1) is 17.5. The Morgan fingerprint density at radius 3 is 3.12 bits per heavy atom. The molecule has 1 amide bonds. The van der Waals surface area contributed by atoms with Gasteiger partial charge in [0.25, 0.3) is 5.91 Å². The fourth-order valence-corrected chi connectivity index (χ4v) is 3.46. The summed E-state index contributed by atoms with van der Waals surface area (Å²) < 4.78 is 4.62. The third-order valence-electron chi connectivity index (χ3n) is 3.92. The molecule has 0 saturated heterocycles. The molecular weight excluding hydrogens is 340 g/mol. The molecule has 0 radical (unpaired) electrons. The Morgan fingerprint density at radius 2 is 2.28 bits per heavy atom. The van der Waals surface area contributed by atoms with Gasteiger partial charge >= 0.3 is 5.97 Å². The quantitative estimate of drug-likeness (QED) is 0.679. The molecule has 1 aliphatic heterocycles. The maximum absolute atomic E-state index is 12.5. The van der Waals surface area contributed by atoms with Crippen molar-refractivity contribution in [3.63, 3.8) is 0 Å². The van der Waals surface area contributed by atoms with E-state index in [2.05, 4.69) is 25.6 Å². The van der Waals surface area contributed by atoms with Crippen LogP contribution in [0.15, 0.2) is 24.3 Å². The van der Waals surface area contributed by atoms with Gasteiger partial charge in [0, 0.05) is 42.2 Å². The first-order valence-corrected chi connectivity index (χ1v) is 9.14. The molecule has 3 N–H and O–H groups in total. The first-order chi connectivity index (χ1) is 12.2. The largest absolute Gasteiger partial charge is 0.468 e. The number of nitrogens with zero attached hydrogens (tertiary/aromatic N) is 1. The highest BCUT2D eigenvalue weighted by atomic mass is 32.2. The molecular formula is C17H20N4O3S. The highest BCUT2D eigenvalue weighted by Gasteiger charge is 2.21. The zero-order valence-electron chi connectivity index (χ0n) is 13.9. The zero-order valence-corrected chi connectivity index (χ0v) is 14.7. The van der Waals surface area contributed by atoms with Crippen LogP contribution in [0.4, 0.5) is 5.69 Å². The monoisotopic (exact) mass is 360 g/mol. The van der Waals surface area contributed by atoms with Gasteiger partial charge in [0.15, 0.2) is 5.69 Å². The lowest BCUT2D eigenvalue weighted by atomic mass is 10.1. The van der Waals surface area contributed by atoms with Crippen LogP contribution in [0.3, 0.4) is 0 Å². The van der Waals surface area contributed by atoms with Crippen molar-refractivity contribution < 1.29 is 14.3 Å². The van der Waals surface area contributed by atoms with Crippen LogP contribution in [0.1, 0.15) is 27.3 Å². The third-order valence-corrected chi connectivity index (χ3v) is 4.90. The van der Waals surface area contributed by atoms with Crippen molar-refractivity contribution in [1.82, 2.24) is 15.5 Å². The number of anilines is 1. The van der Waals surface area contributed by atoms with E-state index >= 15 is 0 Å². The van der Waals surface area contributed by atoms with Crippen LogP contribution >= 0.6 is 11.8 Å². The number of H-pyrrole nitrogens is 1. The fraction of sp³-hybridized carbons (Fsp3) is 0.353. The Kier molecular flexibility index (Phi) is 5.72. The van der Waals surface area contributed by atoms with Gasteiger partial charge in [0.1, 0.15) is 0 Å². The summed E-state index contributed by atoms with van der Waals surface area (Å²) in [6, 6.07) is 7.58. The molecule has 8 heteroatoms. The van der Waals surface area contributed by atoms with Crippen LogP contribution in [-0.4, -0.2) is 41.5 Å². The van der Waals surface area contributed by atoms with E-state index in [-0.39, 0.29) is 11.9 Å². The maximum Gasteiger partial charge on any atom is 0.315 e. The van der Waals surface area contributed by atoms with Gasteiger partial charge in [-0.3, -0.25) is 14.7 Å².